The Morgan fingerprint density at radius 3 is 2.68 bits per heavy atom. The third kappa shape index (κ3) is 4.44. The van der Waals surface area contributed by atoms with Crippen LogP contribution in [0.5, 0.6) is 0 Å². The number of nitrogen functional groups attached to an aromatic ring is 1. The van der Waals surface area contributed by atoms with Crippen molar-refractivity contribution >= 4 is 17.3 Å². The smallest absolute Gasteiger partial charge is 0.335 e. The number of benzene rings is 1. The molecule has 19 heavy (non-hydrogen) atoms. The molecule has 0 aliphatic heterocycles. The van der Waals surface area contributed by atoms with Crippen LogP contribution in [0.25, 0.3) is 0 Å². The van der Waals surface area contributed by atoms with Gasteiger partial charge in [-0.1, -0.05) is 0 Å². The Labute approximate surface area is 114 Å². The van der Waals surface area contributed by atoms with Crippen molar-refractivity contribution in [2.45, 2.75) is 19.8 Å². The largest absolute Gasteiger partial charge is 0.478 e. The van der Waals surface area contributed by atoms with Crippen molar-refractivity contribution in [3.63, 3.8) is 0 Å². The quantitative estimate of drug-likeness (QED) is 0.557. The first-order valence-electron chi connectivity index (χ1n) is 6.46. The van der Waals surface area contributed by atoms with E-state index in [0.29, 0.717) is 5.69 Å². The molecule has 0 bridgehead atoms. The van der Waals surface area contributed by atoms with E-state index in [2.05, 4.69) is 11.8 Å². The molecule has 0 aromatic heterocycles. The molecule has 106 valence electrons. The number of hydrogen-bond donors (Lipinski definition) is 2. The van der Waals surface area contributed by atoms with Gasteiger partial charge in [-0.3, -0.25) is 0 Å². The highest BCUT2D eigenvalue weighted by Crippen LogP contribution is 2.24. The maximum atomic E-state index is 10.9. The van der Waals surface area contributed by atoms with E-state index < -0.39 is 5.97 Å². The van der Waals surface area contributed by atoms with Crippen LogP contribution in [0.15, 0.2) is 18.2 Å². The maximum absolute atomic E-state index is 10.9. The Kier molecular flexibility index (Phi) is 6.15. The van der Waals surface area contributed by atoms with E-state index in [4.69, 9.17) is 15.6 Å². The third-order valence-electron chi connectivity index (χ3n) is 3.02. The Morgan fingerprint density at radius 1 is 1.42 bits per heavy atom. The molecule has 0 radical (unpaired) electrons. The molecular formula is C14H22N2O3. The summed E-state index contributed by atoms with van der Waals surface area (Å²) in [6, 6.07) is 4.87. The SMILES string of the molecule is CCN(CCCCOC)c1ccc(C(=O)O)cc1N. The summed E-state index contributed by atoms with van der Waals surface area (Å²) in [5, 5.41) is 8.91. The number of carbonyl (C=O) groups is 1. The van der Waals surface area contributed by atoms with Crippen LogP contribution in [0.2, 0.25) is 0 Å². The van der Waals surface area contributed by atoms with Gasteiger partial charge in [0.15, 0.2) is 0 Å². The summed E-state index contributed by atoms with van der Waals surface area (Å²) in [6.07, 6.45) is 2.02. The van der Waals surface area contributed by atoms with Gasteiger partial charge in [-0.05, 0) is 38.0 Å². The van der Waals surface area contributed by atoms with E-state index in [9.17, 15) is 4.79 Å². The first-order valence-corrected chi connectivity index (χ1v) is 6.46. The zero-order chi connectivity index (χ0) is 14.3. The maximum Gasteiger partial charge on any atom is 0.335 e. The highest BCUT2D eigenvalue weighted by atomic mass is 16.5. The standard InChI is InChI=1S/C14H22N2O3/c1-3-16(8-4-5-9-19-2)13-7-6-11(14(17)18)10-12(13)15/h6-7,10H,3-5,8-9,15H2,1-2H3,(H,17,18). The van der Waals surface area contributed by atoms with Crippen molar-refractivity contribution in [1.29, 1.82) is 0 Å². The number of rotatable bonds is 8. The molecule has 0 saturated carbocycles. The number of carboxylic acid groups (broad SMARTS) is 1. The van der Waals surface area contributed by atoms with Crippen LogP contribution in [-0.2, 0) is 4.74 Å². The second-order valence-electron chi connectivity index (χ2n) is 4.36. The number of nitrogens with two attached hydrogens (primary N) is 1. The summed E-state index contributed by atoms with van der Waals surface area (Å²) in [7, 11) is 1.69. The fourth-order valence-electron chi connectivity index (χ4n) is 1.97. The first kappa shape index (κ1) is 15.3. The van der Waals surface area contributed by atoms with Gasteiger partial charge in [0.1, 0.15) is 0 Å². The molecule has 3 N–H and O–H groups in total. The Morgan fingerprint density at radius 2 is 2.16 bits per heavy atom. The summed E-state index contributed by atoms with van der Waals surface area (Å²) in [5.41, 5.74) is 7.56. The summed E-state index contributed by atoms with van der Waals surface area (Å²) in [4.78, 5) is 13.0. The highest BCUT2D eigenvalue weighted by Gasteiger charge is 2.11. The minimum atomic E-state index is -0.957. The number of hydrogen-bond acceptors (Lipinski definition) is 4. The zero-order valence-electron chi connectivity index (χ0n) is 11.6. The molecule has 0 fully saturated rings. The molecule has 0 aliphatic rings. The van der Waals surface area contributed by atoms with Gasteiger partial charge in [0, 0.05) is 26.8 Å². The van der Waals surface area contributed by atoms with Crippen LogP contribution in [0.1, 0.15) is 30.1 Å². The first-order chi connectivity index (χ1) is 9.10. The number of nitrogens with zero attached hydrogens (tertiary/aromatic N) is 1. The van der Waals surface area contributed by atoms with E-state index >= 15 is 0 Å². The van der Waals surface area contributed by atoms with Crippen LogP contribution in [0, 0.1) is 0 Å². The average molecular weight is 266 g/mol. The summed E-state index contributed by atoms with van der Waals surface area (Å²) in [6.45, 7) is 4.53. The van der Waals surface area contributed by atoms with E-state index in [1.807, 2.05) is 0 Å². The minimum Gasteiger partial charge on any atom is -0.478 e. The highest BCUT2D eigenvalue weighted by molar-refractivity contribution is 5.90. The van der Waals surface area contributed by atoms with Crippen molar-refractivity contribution in [2.75, 3.05) is 37.4 Å². The molecule has 0 unspecified atom stereocenters. The molecule has 5 heteroatoms. The van der Waals surface area contributed by atoms with Crippen LogP contribution in [0.3, 0.4) is 0 Å². The number of aromatic carboxylic acids is 1. The fourth-order valence-corrected chi connectivity index (χ4v) is 1.97. The van der Waals surface area contributed by atoms with Gasteiger partial charge < -0.3 is 20.5 Å². The lowest BCUT2D eigenvalue weighted by Crippen LogP contribution is -2.25. The van der Waals surface area contributed by atoms with Crippen molar-refractivity contribution in [3.05, 3.63) is 23.8 Å². The van der Waals surface area contributed by atoms with Gasteiger partial charge in [0.2, 0.25) is 0 Å². The lowest BCUT2D eigenvalue weighted by molar-refractivity contribution is 0.0697. The number of anilines is 2. The zero-order valence-corrected chi connectivity index (χ0v) is 11.6. The molecular weight excluding hydrogens is 244 g/mol. The molecule has 5 nitrogen and oxygen atoms in total. The van der Waals surface area contributed by atoms with E-state index in [1.165, 1.54) is 6.07 Å². The summed E-state index contributed by atoms with van der Waals surface area (Å²) in [5.74, 6) is -0.957. The number of ether oxygens (including phenoxy) is 1. The number of carboxylic acids is 1. The van der Waals surface area contributed by atoms with E-state index in [1.54, 1.807) is 19.2 Å². The van der Waals surface area contributed by atoms with Crippen LogP contribution in [-0.4, -0.2) is 37.9 Å². The molecule has 0 heterocycles. The molecule has 1 aromatic carbocycles. The fraction of sp³-hybridized carbons (Fsp3) is 0.500. The molecule has 0 saturated heterocycles. The third-order valence-corrected chi connectivity index (χ3v) is 3.02. The van der Waals surface area contributed by atoms with Crippen molar-refractivity contribution in [2.24, 2.45) is 0 Å². The Hall–Kier alpha value is -1.75. The van der Waals surface area contributed by atoms with Gasteiger partial charge in [-0.2, -0.15) is 0 Å². The predicted molar refractivity (Wildman–Crippen MR) is 76.8 cm³/mol. The monoisotopic (exact) mass is 266 g/mol. The van der Waals surface area contributed by atoms with E-state index in [0.717, 1.165) is 38.2 Å². The average Bonchev–Trinajstić information content (AvgIpc) is 2.39. The number of unbranched alkanes of at least 4 members (excludes halogenated alkanes) is 1. The Bertz CT molecular complexity index is 421. The van der Waals surface area contributed by atoms with Crippen LogP contribution < -0.4 is 10.6 Å². The number of methoxy groups -OCH3 is 1. The van der Waals surface area contributed by atoms with Gasteiger partial charge >= 0.3 is 5.97 Å². The molecule has 0 amide bonds. The molecule has 1 aromatic rings. The topological polar surface area (TPSA) is 75.8 Å². The van der Waals surface area contributed by atoms with Crippen molar-refractivity contribution in [1.82, 2.24) is 0 Å². The van der Waals surface area contributed by atoms with Gasteiger partial charge in [-0.15, -0.1) is 0 Å². The van der Waals surface area contributed by atoms with E-state index in [-0.39, 0.29) is 5.56 Å². The van der Waals surface area contributed by atoms with Crippen LogP contribution in [0.4, 0.5) is 11.4 Å². The van der Waals surface area contributed by atoms with Gasteiger partial charge in [-0.25, -0.2) is 4.79 Å². The van der Waals surface area contributed by atoms with Gasteiger partial charge in [0.05, 0.1) is 16.9 Å². The molecule has 0 spiro atoms. The minimum absolute atomic E-state index is 0.219. The normalized spacial score (nSPS) is 10.4. The second kappa shape index (κ2) is 7.63. The molecule has 0 atom stereocenters. The lowest BCUT2D eigenvalue weighted by atomic mass is 10.1. The Balaban J connectivity index is 2.72. The van der Waals surface area contributed by atoms with Crippen molar-refractivity contribution < 1.29 is 14.6 Å². The van der Waals surface area contributed by atoms with Crippen molar-refractivity contribution in [3.8, 4) is 0 Å². The predicted octanol–water partition coefficient (Wildman–Crippen LogP) is 2.22. The van der Waals surface area contributed by atoms with Crippen LogP contribution >= 0.6 is 0 Å². The molecule has 0 aliphatic carbocycles. The van der Waals surface area contributed by atoms with Gasteiger partial charge in [0.25, 0.3) is 0 Å². The second-order valence-corrected chi connectivity index (χ2v) is 4.36. The molecule has 1 rings (SSSR count). The lowest BCUT2D eigenvalue weighted by Gasteiger charge is -2.24. The summed E-state index contributed by atoms with van der Waals surface area (Å²) >= 11 is 0. The summed E-state index contributed by atoms with van der Waals surface area (Å²) < 4.78 is 5.02.